The molecule has 0 saturated carbocycles. The lowest BCUT2D eigenvalue weighted by Crippen LogP contribution is -2.58. The van der Waals surface area contributed by atoms with Crippen molar-refractivity contribution in [3.63, 3.8) is 0 Å². The quantitative estimate of drug-likeness (QED) is 0.683. The van der Waals surface area contributed by atoms with E-state index >= 15 is 0 Å². The second kappa shape index (κ2) is 4.93. The number of hydrogen-bond donors (Lipinski definition) is 3. The summed E-state index contributed by atoms with van der Waals surface area (Å²) in [6.45, 7) is 1.45. The summed E-state index contributed by atoms with van der Waals surface area (Å²) in [5, 5.41) is 10.7. The van der Waals surface area contributed by atoms with E-state index in [-0.39, 0.29) is 5.91 Å². The molecular weight excluding hydrogens is 258 g/mol. The SMILES string of the molecule is NC(=O)C1CNCCN1C(=O)c1n[nH]c2ccccc12. The summed E-state index contributed by atoms with van der Waals surface area (Å²) >= 11 is 0. The van der Waals surface area contributed by atoms with Crippen molar-refractivity contribution in [1.29, 1.82) is 0 Å². The van der Waals surface area contributed by atoms with Crippen LogP contribution in [0.1, 0.15) is 10.5 Å². The average molecular weight is 273 g/mol. The predicted octanol–water partition coefficient (Wildman–Crippen LogP) is -0.538. The lowest BCUT2D eigenvalue weighted by molar-refractivity contribution is -0.122. The van der Waals surface area contributed by atoms with Crippen LogP contribution in [0.2, 0.25) is 0 Å². The topological polar surface area (TPSA) is 104 Å². The Kier molecular flexibility index (Phi) is 3.11. The van der Waals surface area contributed by atoms with Gasteiger partial charge in [0.25, 0.3) is 5.91 Å². The fourth-order valence-corrected chi connectivity index (χ4v) is 2.46. The van der Waals surface area contributed by atoms with Crippen LogP contribution in [0.5, 0.6) is 0 Å². The van der Waals surface area contributed by atoms with Gasteiger partial charge in [-0.2, -0.15) is 5.10 Å². The zero-order valence-corrected chi connectivity index (χ0v) is 10.8. The molecule has 0 spiro atoms. The maximum Gasteiger partial charge on any atom is 0.275 e. The highest BCUT2D eigenvalue weighted by Gasteiger charge is 2.32. The van der Waals surface area contributed by atoms with Crippen LogP contribution in [0.3, 0.4) is 0 Å². The van der Waals surface area contributed by atoms with Crippen LogP contribution >= 0.6 is 0 Å². The number of nitrogens with zero attached hydrogens (tertiary/aromatic N) is 2. The molecule has 20 heavy (non-hydrogen) atoms. The minimum Gasteiger partial charge on any atom is -0.368 e. The van der Waals surface area contributed by atoms with Gasteiger partial charge >= 0.3 is 0 Å². The number of hydrogen-bond acceptors (Lipinski definition) is 4. The van der Waals surface area contributed by atoms with E-state index in [2.05, 4.69) is 15.5 Å². The van der Waals surface area contributed by atoms with Gasteiger partial charge in [-0.1, -0.05) is 18.2 Å². The number of para-hydroxylation sites is 1. The van der Waals surface area contributed by atoms with Gasteiger partial charge in [0.15, 0.2) is 5.69 Å². The van der Waals surface area contributed by atoms with E-state index in [9.17, 15) is 9.59 Å². The molecular formula is C13H15N5O2. The normalized spacial score (nSPS) is 19.2. The second-order valence-corrected chi connectivity index (χ2v) is 4.74. The molecule has 2 heterocycles. The number of amides is 2. The van der Waals surface area contributed by atoms with Crippen molar-refractivity contribution in [3.05, 3.63) is 30.0 Å². The number of piperazine rings is 1. The number of primary amides is 1. The zero-order valence-electron chi connectivity index (χ0n) is 10.8. The van der Waals surface area contributed by atoms with Crippen molar-refractivity contribution in [3.8, 4) is 0 Å². The van der Waals surface area contributed by atoms with Gasteiger partial charge in [0, 0.05) is 25.0 Å². The maximum absolute atomic E-state index is 12.6. The molecule has 2 amide bonds. The fraction of sp³-hybridized carbons (Fsp3) is 0.308. The summed E-state index contributed by atoms with van der Waals surface area (Å²) in [5.41, 5.74) is 6.48. The molecule has 1 aliphatic heterocycles. The van der Waals surface area contributed by atoms with E-state index in [1.807, 2.05) is 24.3 Å². The van der Waals surface area contributed by atoms with Crippen molar-refractivity contribution in [2.24, 2.45) is 5.73 Å². The first kappa shape index (κ1) is 12.6. The van der Waals surface area contributed by atoms with Crippen molar-refractivity contribution in [1.82, 2.24) is 20.4 Å². The van der Waals surface area contributed by atoms with Crippen molar-refractivity contribution in [2.45, 2.75) is 6.04 Å². The first-order valence-corrected chi connectivity index (χ1v) is 6.42. The number of H-pyrrole nitrogens is 1. The maximum atomic E-state index is 12.6. The third-order valence-electron chi connectivity index (χ3n) is 3.51. The molecule has 7 nitrogen and oxygen atoms in total. The molecule has 0 radical (unpaired) electrons. The van der Waals surface area contributed by atoms with E-state index in [0.29, 0.717) is 25.3 Å². The molecule has 3 rings (SSSR count). The van der Waals surface area contributed by atoms with Gasteiger partial charge in [0.05, 0.1) is 5.52 Å². The van der Waals surface area contributed by atoms with Crippen LogP contribution in [-0.2, 0) is 4.79 Å². The van der Waals surface area contributed by atoms with Crippen molar-refractivity contribution in [2.75, 3.05) is 19.6 Å². The monoisotopic (exact) mass is 273 g/mol. The van der Waals surface area contributed by atoms with Crippen molar-refractivity contribution >= 4 is 22.7 Å². The Hall–Kier alpha value is -2.41. The average Bonchev–Trinajstić information content (AvgIpc) is 2.90. The molecule has 2 aromatic rings. The first-order valence-electron chi connectivity index (χ1n) is 6.42. The Morgan fingerprint density at radius 1 is 1.35 bits per heavy atom. The number of carbonyl (C=O) groups is 2. The fourth-order valence-electron chi connectivity index (χ4n) is 2.46. The van der Waals surface area contributed by atoms with Crippen LogP contribution in [0.4, 0.5) is 0 Å². The van der Waals surface area contributed by atoms with Gasteiger partial charge in [-0.25, -0.2) is 0 Å². The number of nitrogens with one attached hydrogen (secondary N) is 2. The van der Waals surface area contributed by atoms with E-state index in [4.69, 9.17) is 5.73 Å². The number of fused-ring (bicyclic) bond motifs is 1. The second-order valence-electron chi connectivity index (χ2n) is 4.74. The molecule has 104 valence electrons. The van der Waals surface area contributed by atoms with Gasteiger partial charge in [0.1, 0.15) is 6.04 Å². The zero-order chi connectivity index (χ0) is 14.1. The van der Waals surface area contributed by atoms with Gasteiger partial charge in [-0.05, 0) is 6.07 Å². The molecule has 1 fully saturated rings. The molecule has 1 aromatic heterocycles. The van der Waals surface area contributed by atoms with E-state index < -0.39 is 11.9 Å². The number of aromatic nitrogens is 2. The minimum absolute atomic E-state index is 0.271. The number of benzene rings is 1. The van der Waals surface area contributed by atoms with E-state index in [1.54, 1.807) is 0 Å². The summed E-state index contributed by atoms with van der Waals surface area (Å²) < 4.78 is 0. The molecule has 0 bridgehead atoms. The Bertz CT molecular complexity index is 666. The number of carbonyl (C=O) groups excluding carboxylic acids is 2. The molecule has 0 aliphatic carbocycles. The van der Waals surface area contributed by atoms with Crippen LogP contribution in [0.15, 0.2) is 24.3 Å². The lowest BCUT2D eigenvalue weighted by atomic mass is 10.1. The molecule has 4 N–H and O–H groups in total. The van der Waals surface area contributed by atoms with Gasteiger partial charge in [0.2, 0.25) is 5.91 Å². The highest BCUT2D eigenvalue weighted by Crippen LogP contribution is 2.18. The smallest absolute Gasteiger partial charge is 0.275 e. The molecule has 1 unspecified atom stereocenters. The van der Waals surface area contributed by atoms with Gasteiger partial charge in [-0.15, -0.1) is 0 Å². The van der Waals surface area contributed by atoms with Gasteiger partial charge in [-0.3, -0.25) is 14.7 Å². The largest absolute Gasteiger partial charge is 0.368 e. The first-order chi connectivity index (χ1) is 9.68. The Labute approximate surface area is 115 Å². The Morgan fingerprint density at radius 3 is 2.95 bits per heavy atom. The molecule has 1 atom stereocenters. The highest BCUT2D eigenvalue weighted by atomic mass is 16.2. The van der Waals surface area contributed by atoms with Crippen LogP contribution in [0.25, 0.3) is 10.9 Å². The van der Waals surface area contributed by atoms with Crippen molar-refractivity contribution < 1.29 is 9.59 Å². The standard InChI is InChI=1S/C13H15N5O2/c14-12(19)10-7-15-5-6-18(10)13(20)11-8-3-1-2-4-9(8)16-17-11/h1-4,10,15H,5-7H2,(H2,14,19)(H,16,17). The summed E-state index contributed by atoms with van der Waals surface area (Å²) in [7, 11) is 0. The molecule has 7 heteroatoms. The Morgan fingerprint density at radius 2 is 2.15 bits per heavy atom. The predicted molar refractivity (Wildman–Crippen MR) is 73.0 cm³/mol. The van der Waals surface area contributed by atoms with E-state index in [0.717, 1.165) is 10.9 Å². The third-order valence-corrected chi connectivity index (χ3v) is 3.51. The molecule has 1 saturated heterocycles. The highest BCUT2D eigenvalue weighted by molar-refractivity contribution is 6.06. The van der Waals surface area contributed by atoms with E-state index in [1.165, 1.54) is 4.90 Å². The van der Waals surface area contributed by atoms with Crippen LogP contribution in [0, 0.1) is 0 Å². The van der Waals surface area contributed by atoms with Gasteiger partial charge < -0.3 is 16.0 Å². The Balaban J connectivity index is 1.96. The number of aromatic amines is 1. The molecule has 1 aliphatic rings. The summed E-state index contributed by atoms with van der Waals surface area (Å²) in [5.74, 6) is -0.779. The molecule has 1 aromatic carbocycles. The summed E-state index contributed by atoms with van der Waals surface area (Å²) in [6.07, 6.45) is 0. The lowest BCUT2D eigenvalue weighted by Gasteiger charge is -2.33. The van der Waals surface area contributed by atoms with Crippen LogP contribution < -0.4 is 11.1 Å². The number of rotatable bonds is 2. The minimum atomic E-state index is -0.633. The summed E-state index contributed by atoms with van der Waals surface area (Å²) in [6, 6.07) is 6.76. The number of nitrogens with two attached hydrogens (primary N) is 1. The summed E-state index contributed by atoms with van der Waals surface area (Å²) in [4.78, 5) is 25.5. The van der Waals surface area contributed by atoms with Crippen LogP contribution in [-0.4, -0.2) is 52.6 Å². The third kappa shape index (κ3) is 2.01.